The molecule has 0 aliphatic heterocycles. The lowest BCUT2D eigenvalue weighted by Gasteiger charge is -2.21. The van der Waals surface area contributed by atoms with Crippen LogP contribution in [0.2, 0.25) is 0 Å². The topological polar surface area (TPSA) is 49.3 Å². The number of nitrogens with zero attached hydrogens (tertiary/aromatic N) is 4. The first-order chi connectivity index (χ1) is 11.9. The summed E-state index contributed by atoms with van der Waals surface area (Å²) in [7, 11) is 3.89. The van der Waals surface area contributed by atoms with Crippen LogP contribution in [0.4, 0.5) is 9.52 Å². The number of rotatable bonds is 5. The molecule has 0 radical (unpaired) electrons. The monoisotopic (exact) mass is 378 g/mol. The summed E-state index contributed by atoms with van der Waals surface area (Å²) >= 11 is 2.70. The van der Waals surface area contributed by atoms with E-state index < -0.39 is 0 Å². The quantitative estimate of drug-likeness (QED) is 0.679. The van der Waals surface area contributed by atoms with Crippen LogP contribution in [0.3, 0.4) is 0 Å². The van der Waals surface area contributed by atoms with E-state index in [1.807, 2.05) is 38.9 Å². The molecule has 8 heteroatoms. The van der Waals surface area contributed by atoms with Crippen molar-refractivity contribution in [3.8, 4) is 0 Å². The number of fused-ring (bicyclic) bond motifs is 1. The second-order valence-corrected chi connectivity index (χ2v) is 8.20. The van der Waals surface area contributed by atoms with E-state index >= 15 is 0 Å². The first-order valence-electron chi connectivity index (χ1n) is 7.82. The average Bonchev–Trinajstić information content (AvgIpc) is 3.11. The van der Waals surface area contributed by atoms with Gasteiger partial charge in [0.05, 0.1) is 15.4 Å². The zero-order chi connectivity index (χ0) is 18.1. The van der Waals surface area contributed by atoms with E-state index in [-0.39, 0.29) is 11.7 Å². The zero-order valence-electron chi connectivity index (χ0n) is 14.5. The smallest absolute Gasteiger partial charge is 0.272 e. The molecule has 0 atom stereocenters. The number of hydrogen-bond donors (Lipinski definition) is 0. The lowest BCUT2D eigenvalue weighted by molar-refractivity contribution is 0.0988. The first kappa shape index (κ1) is 17.9. The minimum atomic E-state index is -0.371. The Morgan fingerprint density at radius 3 is 2.52 bits per heavy atom. The summed E-state index contributed by atoms with van der Waals surface area (Å²) in [6.45, 7) is 4.87. The van der Waals surface area contributed by atoms with Gasteiger partial charge in [-0.3, -0.25) is 9.69 Å². The summed E-state index contributed by atoms with van der Waals surface area (Å²) in [4.78, 5) is 26.1. The van der Waals surface area contributed by atoms with Crippen LogP contribution in [-0.4, -0.2) is 48.0 Å². The van der Waals surface area contributed by atoms with E-state index in [0.717, 1.165) is 15.4 Å². The third kappa shape index (κ3) is 3.70. The third-order valence-electron chi connectivity index (χ3n) is 3.70. The van der Waals surface area contributed by atoms with Gasteiger partial charge in [-0.25, -0.2) is 14.4 Å². The molecule has 0 aliphatic carbocycles. The van der Waals surface area contributed by atoms with Gasteiger partial charge in [0.15, 0.2) is 5.13 Å². The molecule has 0 aliphatic rings. The largest absolute Gasteiger partial charge is 0.308 e. The molecule has 0 saturated carbocycles. The van der Waals surface area contributed by atoms with Gasteiger partial charge < -0.3 is 4.90 Å². The molecular formula is C17H19FN4OS2. The molecule has 0 spiro atoms. The fourth-order valence-electron chi connectivity index (χ4n) is 2.46. The molecule has 0 saturated heterocycles. The number of likely N-dealkylation sites (N-methyl/N-ethyl adjacent to an activating group) is 1. The zero-order valence-corrected chi connectivity index (χ0v) is 16.2. The number of aryl methyl sites for hydroxylation is 2. The van der Waals surface area contributed by atoms with Gasteiger partial charge in [0, 0.05) is 13.1 Å². The minimum absolute atomic E-state index is 0.135. The molecule has 2 heterocycles. The normalized spacial score (nSPS) is 11.4. The highest BCUT2D eigenvalue weighted by Crippen LogP contribution is 2.32. The Balaban J connectivity index is 2.02. The van der Waals surface area contributed by atoms with Crippen LogP contribution < -0.4 is 4.90 Å². The second-order valence-electron chi connectivity index (χ2n) is 5.99. The summed E-state index contributed by atoms with van der Waals surface area (Å²) in [6.07, 6.45) is 0. The van der Waals surface area contributed by atoms with E-state index in [0.29, 0.717) is 28.6 Å². The molecule has 0 fully saturated rings. The Hall–Kier alpha value is -1.90. The summed E-state index contributed by atoms with van der Waals surface area (Å²) in [6, 6.07) is 4.85. The lowest BCUT2D eigenvalue weighted by Crippen LogP contribution is -2.36. The van der Waals surface area contributed by atoms with E-state index in [2.05, 4.69) is 9.97 Å². The van der Waals surface area contributed by atoms with Crippen molar-refractivity contribution in [1.29, 1.82) is 0 Å². The number of anilines is 1. The van der Waals surface area contributed by atoms with Gasteiger partial charge in [-0.15, -0.1) is 11.3 Å². The molecule has 5 nitrogen and oxygen atoms in total. The van der Waals surface area contributed by atoms with Crippen molar-refractivity contribution in [2.24, 2.45) is 0 Å². The number of benzene rings is 1. The number of aromatic nitrogens is 2. The van der Waals surface area contributed by atoms with Crippen LogP contribution in [0.1, 0.15) is 20.4 Å². The Morgan fingerprint density at radius 2 is 1.92 bits per heavy atom. The van der Waals surface area contributed by atoms with Gasteiger partial charge in [-0.1, -0.05) is 17.4 Å². The maximum absolute atomic E-state index is 14.0. The molecule has 3 rings (SSSR count). The molecule has 132 valence electrons. The summed E-state index contributed by atoms with van der Waals surface area (Å²) < 4.78 is 14.7. The first-order valence-corrected chi connectivity index (χ1v) is 9.46. The van der Waals surface area contributed by atoms with Gasteiger partial charge >= 0.3 is 0 Å². The van der Waals surface area contributed by atoms with Crippen molar-refractivity contribution < 1.29 is 9.18 Å². The van der Waals surface area contributed by atoms with Crippen molar-refractivity contribution in [3.63, 3.8) is 0 Å². The second kappa shape index (κ2) is 7.15. The van der Waals surface area contributed by atoms with E-state index in [1.165, 1.54) is 28.7 Å². The van der Waals surface area contributed by atoms with Crippen LogP contribution in [-0.2, 0) is 0 Å². The van der Waals surface area contributed by atoms with Gasteiger partial charge in [0.25, 0.3) is 5.91 Å². The molecule has 0 bridgehead atoms. The van der Waals surface area contributed by atoms with Crippen molar-refractivity contribution in [1.82, 2.24) is 14.9 Å². The van der Waals surface area contributed by atoms with Gasteiger partial charge in [0.2, 0.25) is 0 Å². The molecule has 25 heavy (non-hydrogen) atoms. The van der Waals surface area contributed by atoms with Crippen LogP contribution in [0.25, 0.3) is 10.2 Å². The standard InChI is InChI=1S/C17H19FN4OS2/c1-10-15(24-11(2)19-10)16(23)22(9-8-21(3)4)17-20-14-12(18)6-5-7-13(14)25-17/h5-7H,8-9H2,1-4H3. The predicted octanol–water partition coefficient (Wildman–Crippen LogP) is 3.72. The summed E-state index contributed by atoms with van der Waals surface area (Å²) in [5.41, 5.74) is 1.03. The van der Waals surface area contributed by atoms with Crippen molar-refractivity contribution in [2.45, 2.75) is 13.8 Å². The van der Waals surface area contributed by atoms with E-state index in [9.17, 15) is 9.18 Å². The highest BCUT2D eigenvalue weighted by molar-refractivity contribution is 7.22. The highest BCUT2D eigenvalue weighted by atomic mass is 32.1. The molecule has 1 aromatic carbocycles. The lowest BCUT2D eigenvalue weighted by atomic mass is 10.3. The number of hydrogen-bond acceptors (Lipinski definition) is 6. The Labute approximate surface area is 153 Å². The Bertz CT molecular complexity index is 919. The van der Waals surface area contributed by atoms with Crippen molar-refractivity contribution in [2.75, 3.05) is 32.1 Å². The Morgan fingerprint density at radius 1 is 1.16 bits per heavy atom. The predicted molar refractivity (Wildman–Crippen MR) is 101 cm³/mol. The van der Waals surface area contributed by atoms with Gasteiger partial charge in [-0.2, -0.15) is 0 Å². The number of thiazole rings is 2. The number of amides is 1. The van der Waals surface area contributed by atoms with E-state index in [4.69, 9.17) is 0 Å². The Kier molecular flexibility index (Phi) is 5.12. The van der Waals surface area contributed by atoms with E-state index in [1.54, 1.807) is 11.0 Å². The van der Waals surface area contributed by atoms with Crippen LogP contribution in [0, 0.1) is 19.7 Å². The SMILES string of the molecule is Cc1nc(C)c(C(=O)N(CCN(C)C)c2nc3c(F)cccc3s2)s1. The van der Waals surface area contributed by atoms with Crippen LogP contribution in [0.5, 0.6) is 0 Å². The number of carbonyl (C=O) groups excluding carboxylic acids is 1. The maximum atomic E-state index is 14.0. The molecule has 0 N–H and O–H groups in total. The molecular weight excluding hydrogens is 359 g/mol. The number of halogens is 1. The minimum Gasteiger partial charge on any atom is -0.308 e. The number of carbonyl (C=O) groups is 1. The third-order valence-corrected chi connectivity index (χ3v) is 5.81. The van der Waals surface area contributed by atoms with Crippen LogP contribution in [0.15, 0.2) is 18.2 Å². The molecule has 1 amide bonds. The fourth-order valence-corrected chi connectivity index (χ4v) is 4.33. The maximum Gasteiger partial charge on any atom is 0.272 e. The molecule has 3 aromatic rings. The number of para-hydroxylation sites is 1. The van der Waals surface area contributed by atoms with Gasteiger partial charge in [0.1, 0.15) is 16.2 Å². The fraction of sp³-hybridized carbons (Fsp3) is 0.353. The van der Waals surface area contributed by atoms with Crippen molar-refractivity contribution >= 4 is 43.9 Å². The molecule has 2 aromatic heterocycles. The van der Waals surface area contributed by atoms with Crippen LogP contribution >= 0.6 is 22.7 Å². The van der Waals surface area contributed by atoms with Gasteiger partial charge in [-0.05, 0) is 40.1 Å². The summed E-state index contributed by atoms with van der Waals surface area (Å²) in [5.74, 6) is -0.505. The molecule has 0 unspecified atom stereocenters. The van der Waals surface area contributed by atoms with Crippen molar-refractivity contribution in [3.05, 3.63) is 39.6 Å². The average molecular weight is 378 g/mol. The summed E-state index contributed by atoms with van der Waals surface area (Å²) in [5, 5.41) is 1.36. The highest BCUT2D eigenvalue weighted by Gasteiger charge is 2.25.